The number of anilines is 1. The van der Waals surface area contributed by atoms with Crippen LogP contribution in [0, 0.1) is 16.0 Å². The first-order chi connectivity index (χ1) is 14.5. The van der Waals surface area contributed by atoms with Crippen molar-refractivity contribution in [2.75, 3.05) is 44.2 Å². The maximum atomic E-state index is 12.8. The van der Waals surface area contributed by atoms with Crippen molar-refractivity contribution in [1.29, 1.82) is 0 Å². The molecule has 2 aliphatic heterocycles. The van der Waals surface area contributed by atoms with Crippen LogP contribution in [0.2, 0.25) is 0 Å². The molecule has 0 radical (unpaired) electrons. The van der Waals surface area contributed by atoms with Crippen molar-refractivity contribution in [3.63, 3.8) is 0 Å². The van der Waals surface area contributed by atoms with E-state index in [9.17, 15) is 19.7 Å². The van der Waals surface area contributed by atoms with Crippen LogP contribution in [0.25, 0.3) is 0 Å². The van der Waals surface area contributed by atoms with E-state index in [0.29, 0.717) is 18.7 Å². The van der Waals surface area contributed by atoms with E-state index in [0.717, 1.165) is 70.4 Å². The molecule has 2 fully saturated rings. The van der Waals surface area contributed by atoms with Gasteiger partial charge in [-0.3, -0.25) is 19.7 Å². The van der Waals surface area contributed by atoms with Crippen LogP contribution in [0.4, 0.5) is 11.4 Å². The molecule has 0 saturated carbocycles. The second-order valence-electron chi connectivity index (χ2n) is 8.16. The first-order valence-electron chi connectivity index (χ1n) is 10.8. The Bertz CT molecular complexity index is 779. The number of nitrogens with two attached hydrogens (primary N) is 1. The Hall–Kier alpha value is -2.68. The normalized spacial score (nSPS) is 20.0. The molecule has 0 bridgehead atoms. The highest BCUT2D eigenvalue weighted by molar-refractivity contribution is 6.00. The number of amides is 2. The maximum absolute atomic E-state index is 12.8. The van der Waals surface area contributed by atoms with Crippen LogP contribution in [0.1, 0.15) is 48.9 Å². The summed E-state index contributed by atoms with van der Waals surface area (Å²) in [4.78, 5) is 39.3. The average Bonchev–Trinajstić information content (AvgIpc) is 2.77. The van der Waals surface area contributed by atoms with E-state index in [4.69, 9.17) is 5.73 Å². The average molecular weight is 418 g/mol. The molecule has 0 aromatic heterocycles. The molecule has 2 amide bonds. The van der Waals surface area contributed by atoms with Crippen LogP contribution < -0.4 is 16.0 Å². The number of primary amides is 1. The second-order valence-corrected chi connectivity index (χ2v) is 8.16. The summed E-state index contributed by atoms with van der Waals surface area (Å²) in [6.45, 7) is 4.56. The molecular weight excluding hydrogens is 386 g/mol. The van der Waals surface area contributed by atoms with Crippen LogP contribution in [0.3, 0.4) is 0 Å². The highest BCUT2D eigenvalue weighted by Crippen LogP contribution is 2.28. The Morgan fingerprint density at radius 2 is 1.93 bits per heavy atom. The lowest BCUT2D eigenvalue weighted by atomic mass is 9.97. The lowest BCUT2D eigenvalue weighted by Gasteiger charge is -2.31. The fraction of sp³-hybridized carbons (Fsp3) is 0.619. The lowest BCUT2D eigenvalue weighted by molar-refractivity contribution is -0.384. The summed E-state index contributed by atoms with van der Waals surface area (Å²) < 4.78 is 0. The van der Waals surface area contributed by atoms with Gasteiger partial charge < -0.3 is 20.9 Å². The van der Waals surface area contributed by atoms with Gasteiger partial charge in [-0.25, -0.2) is 0 Å². The van der Waals surface area contributed by atoms with Gasteiger partial charge in [-0.05, 0) is 57.7 Å². The smallest absolute Gasteiger partial charge is 0.270 e. The Morgan fingerprint density at radius 1 is 1.17 bits per heavy atom. The number of carbonyl (C=O) groups excluding carboxylic acids is 2. The van der Waals surface area contributed by atoms with Gasteiger partial charge >= 0.3 is 0 Å². The molecule has 1 unspecified atom stereocenters. The number of likely N-dealkylation sites (tertiary alicyclic amines) is 1. The molecule has 0 aliphatic carbocycles. The zero-order valence-corrected chi connectivity index (χ0v) is 17.3. The van der Waals surface area contributed by atoms with Crippen molar-refractivity contribution in [1.82, 2.24) is 10.2 Å². The molecule has 9 heteroatoms. The SMILES string of the molecule is NC(=O)C1CCCN(CCCNC(=O)c2cc([N+](=O)[O-])ccc2N2CCCCC2)C1. The molecule has 2 saturated heterocycles. The first-order valence-corrected chi connectivity index (χ1v) is 10.8. The summed E-state index contributed by atoms with van der Waals surface area (Å²) in [5.74, 6) is -0.623. The minimum atomic E-state index is -0.470. The third-order valence-corrected chi connectivity index (χ3v) is 5.98. The predicted molar refractivity (Wildman–Crippen MR) is 114 cm³/mol. The van der Waals surface area contributed by atoms with Crippen LogP contribution in [0.15, 0.2) is 18.2 Å². The molecule has 1 aromatic rings. The molecule has 1 atom stereocenters. The summed E-state index contributed by atoms with van der Waals surface area (Å²) in [6, 6.07) is 4.53. The number of nitrogens with zero attached hydrogens (tertiary/aromatic N) is 3. The summed E-state index contributed by atoms with van der Waals surface area (Å²) in [6.07, 6.45) is 5.81. The predicted octanol–water partition coefficient (Wildman–Crippen LogP) is 1.90. The topological polar surface area (TPSA) is 122 Å². The zero-order valence-electron chi connectivity index (χ0n) is 17.3. The standard InChI is InChI=1S/C21H31N5O4/c22-20(27)16-6-4-10-24(15-16)11-5-9-23-21(28)18-14-17(26(29)30)7-8-19(18)25-12-2-1-3-13-25/h7-8,14,16H,1-6,9-13,15H2,(H2,22,27)(H,23,28). The number of benzene rings is 1. The largest absolute Gasteiger partial charge is 0.371 e. The number of carbonyl (C=O) groups is 2. The molecule has 0 spiro atoms. The molecule has 3 rings (SSSR count). The van der Waals surface area contributed by atoms with Crippen LogP contribution in [-0.4, -0.2) is 60.9 Å². The number of rotatable bonds is 8. The quantitative estimate of drug-likeness (QED) is 0.378. The molecule has 164 valence electrons. The number of nitro benzene ring substituents is 1. The minimum Gasteiger partial charge on any atom is -0.371 e. The van der Waals surface area contributed by atoms with Crippen LogP contribution in [0.5, 0.6) is 0 Å². The first kappa shape index (κ1) is 22.0. The van der Waals surface area contributed by atoms with Gasteiger partial charge in [-0.2, -0.15) is 0 Å². The number of nitrogens with one attached hydrogen (secondary N) is 1. The molecule has 2 heterocycles. The zero-order chi connectivity index (χ0) is 21.5. The van der Waals surface area contributed by atoms with Crippen molar-refractivity contribution in [2.45, 2.75) is 38.5 Å². The minimum absolute atomic E-state index is 0.0771. The molecular formula is C21H31N5O4. The number of piperidine rings is 2. The third-order valence-electron chi connectivity index (χ3n) is 5.98. The fourth-order valence-corrected chi connectivity index (χ4v) is 4.32. The van der Waals surface area contributed by atoms with Crippen molar-refractivity contribution in [3.8, 4) is 0 Å². The molecule has 2 aliphatic rings. The van der Waals surface area contributed by atoms with E-state index in [-0.39, 0.29) is 23.4 Å². The summed E-state index contributed by atoms with van der Waals surface area (Å²) >= 11 is 0. The fourth-order valence-electron chi connectivity index (χ4n) is 4.32. The Morgan fingerprint density at radius 3 is 2.63 bits per heavy atom. The van der Waals surface area contributed by atoms with Gasteiger partial charge in [0.15, 0.2) is 0 Å². The van der Waals surface area contributed by atoms with Crippen LogP contribution >= 0.6 is 0 Å². The van der Waals surface area contributed by atoms with E-state index >= 15 is 0 Å². The monoisotopic (exact) mass is 417 g/mol. The van der Waals surface area contributed by atoms with Gasteiger partial charge in [0.25, 0.3) is 11.6 Å². The van der Waals surface area contributed by atoms with E-state index in [1.165, 1.54) is 12.1 Å². The molecule has 1 aromatic carbocycles. The second kappa shape index (κ2) is 10.4. The number of hydrogen-bond donors (Lipinski definition) is 2. The summed E-state index contributed by atoms with van der Waals surface area (Å²) in [5, 5.41) is 14.1. The highest BCUT2D eigenvalue weighted by atomic mass is 16.6. The van der Waals surface area contributed by atoms with Gasteiger partial charge in [0.05, 0.1) is 22.1 Å². The number of hydrogen-bond acceptors (Lipinski definition) is 6. The third kappa shape index (κ3) is 5.69. The summed E-state index contributed by atoms with van der Waals surface area (Å²) in [5.41, 5.74) is 6.47. The Balaban J connectivity index is 1.57. The van der Waals surface area contributed by atoms with Gasteiger partial charge in [-0.1, -0.05) is 0 Å². The van der Waals surface area contributed by atoms with Gasteiger partial charge in [0, 0.05) is 38.3 Å². The summed E-state index contributed by atoms with van der Waals surface area (Å²) in [7, 11) is 0. The van der Waals surface area contributed by atoms with Crippen molar-refractivity contribution >= 4 is 23.2 Å². The van der Waals surface area contributed by atoms with E-state index in [1.807, 2.05) is 0 Å². The van der Waals surface area contributed by atoms with E-state index in [1.54, 1.807) is 6.07 Å². The molecule has 9 nitrogen and oxygen atoms in total. The van der Waals surface area contributed by atoms with E-state index < -0.39 is 4.92 Å². The molecule has 3 N–H and O–H groups in total. The number of non-ortho nitro benzene ring substituents is 1. The lowest BCUT2D eigenvalue weighted by Crippen LogP contribution is -2.42. The van der Waals surface area contributed by atoms with Crippen molar-refractivity contribution in [2.24, 2.45) is 11.7 Å². The van der Waals surface area contributed by atoms with Gasteiger partial charge in [0.2, 0.25) is 5.91 Å². The van der Waals surface area contributed by atoms with Crippen molar-refractivity contribution in [3.05, 3.63) is 33.9 Å². The van der Waals surface area contributed by atoms with Gasteiger partial charge in [0.1, 0.15) is 0 Å². The molecule has 30 heavy (non-hydrogen) atoms. The van der Waals surface area contributed by atoms with Gasteiger partial charge in [-0.15, -0.1) is 0 Å². The van der Waals surface area contributed by atoms with E-state index in [2.05, 4.69) is 15.1 Å². The van der Waals surface area contributed by atoms with Crippen LogP contribution in [-0.2, 0) is 4.79 Å². The maximum Gasteiger partial charge on any atom is 0.270 e. The highest BCUT2D eigenvalue weighted by Gasteiger charge is 2.24. The Kier molecular flexibility index (Phi) is 7.62. The van der Waals surface area contributed by atoms with Crippen molar-refractivity contribution < 1.29 is 14.5 Å². The number of nitro groups is 1. The Labute approximate surface area is 176 Å².